The van der Waals surface area contributed by atoms with Gasteiger partial charge in [-0.15, -0.1) is 0 Å². The van der Waals surface area contributed by atoms with Gasteiger partial charge in [-0.05, 0) is 30.7 Å². The van der Waals surface area contributed by atoms with Crippen LogP contribution >= 0.6 is 0 Å². The second kappa shape index (κ2) is 4.70. The zero-order valence-corrected chi connectivity index (χ0v) is 10.6. The molecule has 0 unspecified atom stereocenters. The van der Waals surface area contributed by atoms with Crippen LogP contribution in [0.1, 0.15) is 5.56 Å². The second-order valence-electron chi connectivity index (χ2n) is 3.92. The molecule has 0 aliphatic heterocycles. The lowest BCUT2D eigenvalue weighted by atomic mass is 10.2. The smallest absolute Gasteiger partial charge is 0.262 e. The van der Waals surface area contributed by atoms with Crippen molar-refractivity contribution < 1.29 is 13.5 Å². The summed E-state index contributed by atoms with van der Waals surface area (Å²) in [6.07, 6.45) is 0. The molecule has 5 heteroatoms. The van der Waals surface area contributed by atoms with E-state index in [0.717, 1.165) is 5.56 Å². The first-order valence-electron chi connectivity index (χ1n) is 5.36. The largest absolute Gasteiger partial charge is 0.508 e. The lowest BCUT2D eigenvalue weighted by Crippen LogP contribution is -2.13. The summed E-state index contributed by atoms with van der Waals surface area (Å²) in [6.45, 7) is 1.82. The third kappa shape index (κ3) is 2.62. The molecule has 4 nitrogen and oxygen atoms in total. The van der Waals surface area contributed by atoms with Gasteiger partial charge in [-0.3, -0.25) is 4.72 Å². The highest BCUT2D eigenvalue weighted by atomic mass is 32.2. The van der Waals surface area contributed by atoms with Crippen LogP contribution in [0, 0.1) is 6.92 Å². The van der Waals surface area contributed by atoms with E-state index in [4.69, 9.17) is 0 Å². The molecule has 0 atom stereocenters. The number of phenolic OH excluding ortho intramolecular Hbond substituents is 1. The first-order chi connectivity index (χ1) is 8.49. The van der Waals surface area contributed by atoms with Crippen molar-refractivity contribution in [1.29, 1.82) is 0 Å². The van der Waals surface area contributed by atoms with E-state index in [9.17, 15) is 13.5 Å². The Balaban J connectivity index is 2.37. The van der Waals surface area contributed by atoms with Gasteiger partial charge in [0.15, 0.2) is 0 Å². The molecule has 0 aliphatic carbocycles. The molecule has 2 N–H and O–H groups in total. The minimum atomic E-state index is -3.67. The van der Waals surface area contributed by atoms with Gasteiger partial charge >= 0.3 is 0 Å². The molecule has 94 valence electrons. The van der Waals surface area contributed by atoms with E-state index >= 15 is 0 Å². The predicted molar refractivity (Wildman–Crippen MR) is 70.1 cm³/mol. The minimum Gasteiger partial charge on any atom is -0.508 e. The van der Waals surface area contributed by atoms with Crippen LogP contribution < -0.4 is 4.72 Å². The van der Waals surface area contributed by atoms with Gasteiger partial charge in [0.25, 0.3) is 10.0 Å². The van der Waals surface area contributed by atoms with Crippen LogP contribution in [0.5, 0.6) is 5.75 Å². The summed E-state index contributed by atoms with van der Waals surface area (Å²) in [6, 6.07) is 12.7. The summed E-state index contributed by atoms with van der Waals surface area (Å²) >= 11 is 0. The van der Waals surface area contributed by atoms with E-state index in [0.29, 0.717) is 5.69 Å². The molecule has 0 amide bonds. The standard InChI is InChI=1S/C13H13NO3S/c1-10-5-2-3-8-13(10)14-18(16,17)12-7-4-6-11(15)9-12/h2-9,14-15H,1H3. The highest BCUT2D eigenvalue weighted by molar-refractivity contribution is 7.92. The molecule has 0 saturated heterocycles. The van der Waals surface area contributed by atoms with Crippen molar-refractivity contribution in [1.82, 2.24) is 0 Å². The number of anilines is 1. The van der Waals surface area contributed by atoms with Crippen LogP contribution in [-0.4, -0.2) is 13.5 Å². The predicted octanol–water partition coefficient (Wildman–Crippen LogP) is 2.50. The van der Waals surface area contributed by atoms with Crippen LogP contribution in [0.3, 0.4) is 0 Å². The SMILES string of the molecule is Cc1ccccc1NS(=O)(=O)c1cccc(O)c1. The Morgan fingerprint density at radius 1 is 1.06 bits per heavy atom. The Morgan fingerprint density at radius 2 is 1.78 bits per heavy atom. The van der Waals surface area contributed by atoms with Crippen molar-refractivity contribution in [2.75, 3.05) is 4.72 Å². The average molecular weight is 263 g/mol. The van der Waals surface area contributed by atoms with Gasteiger partial charge in [0.05, 0.1) is 10.6 Å². The molecule has 18 heavy (non-hydrogen) atoms. The maximum absolute atomic E-state index is 12.1. The number of hydrogen-bond acceptors (Lipinski definition) is 3. The number of nitrogens with one attached hydrogen (secondary N) is 1. The van der Waals surface area contributed by atoms with Crippen LogP contribution in [0.25, 0.3) is 0 Å². The third-order valence-corrected chi connectivity index (χ3v) is 3.88. The second-order valence-corrected chi connectivity index (χ2v) is 5.60. The lowest BCUT2D eigenvalue weighted by Gasteiger charge is -2.10. The van der Waals surface area contributed by atoms with Crippen molar-refractivity contribution in [3.63, 3.8) is 0 Å². The Labute approximate surface area is 106 Å². The highest BCUT2D eigenvalue weighted by Crippen LogP contribution is 2.21. The maximum Gasteiger partial charge on any atom is 0.262 e. The molecule has 2 aromatic carbocycles. The maximum atomic E-state index is 12.1. The van der Waals surface area contributed by atoms with Gasteiger partial charge in [-0.1, -0.05) is 24.3 Å². The van der Waals surface area contributed by atoms with Crippen LogP contribution in [0.15, 0.2) is 53.4 Å². The summed E-state index contributed by atoms with van der Waals surface area (Å²) in [4.78, 5) is 0.0331. The zero-order chi connectivity index (χ0) is 13.2. The molecule has 0 aliphatic rings. The van der Waals surface area contributed by atoms with Crippen LogP contribution in [0.4, 0.5) is 5.69 Å². The first-order valence-corrected chi connectivity index (χ1v) is 6.85. The van der Waals surface area contributed by atoms with Gasteiger partial charge < -0.3 is 5.11 Å². The van der Waals surface area contributed by atoms with Gasteiger partial charge in [-0.2, -0.15) is 0 Å². The Bertz CT molecular complexity index is 665. The van der Waals surface area contributed by atoms with Crippen molar-refractivity contribution in [2.45, 2.75) is 11.8 Å². The highest BCUT2D eigenvalue weighted by Gasteiger charge is 2.15. The molecule has 2 aromatic rings. The fraction of sp³-hybridized carbons (Fsp3) is 0.0769. The monoisotopic (exact) mass is 263 g/mol. The molecule has 2 rings (SSSR count). The summed E-state index contributed by atoms with van der Waals surface area (Å²) in [5, 5.41) is 9.30. The van der Waals surface area contributed by atoms with Crippen LogP contribution in [0.2, 0.25) is 0 Å². The van der Waals surface area contributed by atoms with Crippen LogP contribution in [-0.2, 0) is 10.0 Å². The normalized spacial score (nSPS) is 11.2. The number of para-hydroxylation sites is 1. The van der Waals surface area contributed by atoms with E-state index < -0.39 is 10.0 Å². The Morgan fingerprint density at radius 3 is 2.44 bits per heavy atom. The van der Waals surface area contributed by atoms with Gasteiger partial charge in [0, 0.05) is 6.07 Å². The van der Waals surface area contributed by atoms with E-state index in [-0.39, 0.29) is 10.6 Å². The molecule has 0 aromatic heterocycles. The number of rotatable bonds is 3. The van der Waals surface area contributed by atoms with E-state index in [1.54, 1.807) is 12.1 Å². The molecule has 0 heterocycles. The van der Waals surface area contributed by atoms with Crippen molar-refractivity contribution in [3.8, 4) is 5.75 Å². The van der Waals surface area contributed by atoms with Gasteiger partial charge in [0.1, 0.15) is 5.75 Å². The Kier molecular flexibility index (Phi) is 3.25. The summed E-state index contributed by atoms with van der Waals surface area (Å²) in [5.74, 6) is -0.0809. The number of sulfonamides is 1. The molecular formula is C13H13NO3S. The van der Waals surface area contributed by atoms with E-state index in [1.165, 1.54) is 24.3 Å². The van der Waals surface area contributed by atoms with E-state index in [2.05, 4.69) is 4.72 Å². The lowest BCUT2D eigenvalue weighted by molar-refractivity contribution is 0.473. The molecular weight excluding hydrogens is 250 g/mol. The molecule has 0 spiro atoms. The minimum absolute atomic E-state index is 0.0331. The van der Waals surface area contributed by atoms with Crippen molar-refractivity contribution in [3.05, 3.63) is 54.1 Å². The summed E-state index contributed by atoms with van der Waals surface area (Å²) in [7, 11) is -3.67. The topological polar surface area (TPSA) is 66.4 Å². The number of benzene rings is 2. The Hall–Kier alpha value is -2.01. The average Bonchev–Trinajstić information content (AvgIpc) is 2.32. The third-order valence-electron chi connectivity index (χ3n) is 2.52. The zero-order valence-electron chi connectivity index (χ0n) is 9.79. The molecule has 0 bridgehead atoms. The fourth-order valence-corrected chi connectivity index (χ4v) is 2.71. The van der Waals surface area contributed by atoms with Gasteiger partial charge in [-0.25, -0.2) is 8.42 Å². The number of aromatic hydroxyl groups is 1. The van der Waals surface area contributed by atoms with Crippen molar-refractivity contribution in [2.24, 2.45) is 0 Å². The number of aryl methyl sites for hydroxylation is 1. The quantitative estimate of drug-likeness (QED) is 0.894. The van der Waals surface area contributed by atoms with Gasteiger partial charge in [0.2, 0.25) is 0 Å². The molecule has 0 radical (unpaired) electrons. The molecule has 0 fully saturated rings. The van der Waals surface area contributed by atoms with Crippen molar-refractivity contribution >= 4 is 15.7 Å². The van der Waals surface area contributed by atoms with E-state index in [1.807, 2.05) is 19.1 Å². The molecule has 0 saturated carbocycles. The number of hydrogen-bond donors (Lipinski definition) is 2. The fourth-order valence-electron chi connectivity index (χ4n) is 1.54. The first kappa shape index (κ1) is 12.4. The number of phenols is 1. The summed E-state index contributed by atoms with van der Waals surface area (Å²) < 4.78 is 26.7. The summed E-state index contributed by atoms with van der Waals surface area (Å²) in [5.41, 5.74) is 1.36.